The standard InChI is InChI=1S/C12H14N4/c1-9-6-7-11(14-15-16(2)3)10-5-4-8-13-12(9)10/h4-8H,1-3H3. The SMILES string of the molecule is Cc1ccc(N=NN(C)C)c2cccnc12. The summed E-state index contributed by atoms with van der Waals surface area (Å²) in [7, 11) is 3.69. The summed E-state index contributed by atoms with van der Waals surface area (Å²) in [5.41, 5.74) is 2.99. The molecule has 4 nitrogen and oxygen atoms in total. The first kappa shape index (κ1) is 10.5. The first-order valence-electron chi connectivity index (χ1n) is 5.12. The number of fused-ring (bicyclic) bond motifs is 1. The van der Waals surface area contributed by atoms with Gasteiger partial charge in [0.1, 0.15) is 0 Å². The molecule has 0 atom stereocenters. The molecule has 0 amide bonds. The highest BCUT2D eigenvalue weighted by Crippen LogP contribution is 2.27. The molecule has 1 heterocycles. The lowest BCUT2D eigenvalue weighted by Crippen LogP contribution is -1.98. The molecule has 1 aromatic heterocycles. The lowest BCUT2D eigenvalue weighted by molar-refractivity contribution is 0.408. The van der Waals surface area contributed by atoms with Crippen molar-refractivity contribution in [2.75, 3.05) is 14.1 Å². The average molecular weight is 214 g/mol. The predicted molar refractivity (Wildman–Crippen MR) is 64.7 cm³/mol. The molecule has 1 aromatic carbocycles. The van der Waals surface area contributed by atoms with Gasteiger partial charge >= 0.3 is 0 Å². The maximum atomic E-state index is 4.35. The van der Waals surface area contributed by atoms with Gasteiger partial charge in [0, 0.05) is 25.7 Å². The van der Waals surface area contributed by atoms with Crippen molar-refractivity contribution in [1.29, 1.82) is 0 Å². The molecular weight excluding hydrogens is 200 g/mol. The van der Waals surface area contributed by atoms with Crippen LogP contribution in [0.3, 0.4) is 0 Å². The molecule has 16 heavy (non-hydrogen) atoms. The molecule has 0 unspecified atom stereocenters. The summed E-state index contributed by atoms with van der Waals surface area (Å²) < 4.78 is 0. The Labute approximate surface area is 94.6 Å². The van der Waals surface area contributed by atoms with Gasteiger partial charge < -0.3 is 0 Å². The van der Waals surface area contributed by atoms with Crippen LogP contribution in [-0.4, -0.2) is 24.1 Å². The van der Waals surface area contributed by atoms with Crippen molar-refractivity contribution >= 4 is 16.6 Å². The number of aryl methyl sites for hydroxylation is 1. The van der Waals surface area contributed by atoms with Crippen LogP contribution in [-0.2, 0) is 0 Å². The van der Waals surface area contributed by atoms with Gasteiger partial charge in [-0.05, 0) is 30.7 Å². The third-order valence-electron chi connectivity index (χ3n) is 2.28. The summed E-state index contributed by atoms with van der Waals surface area (Å²) in [6.07, 6.45) is 1.79. The van der Waals surface area contributed by atoms with Crippen LogP contribution in [0.2, 0.25) is 0 Å². The largest absolute Gasteiger partial charge is 0.285 e. The van der Waals surface area contributed by atoms with Crippen LogP contribution in [0.5, 0.6) is 0 Å². The Morgan fingerprint density at radius 1 is 1.19 bits per heavy atom. The first-order valence-corrected chi connectivity index (χ1v) is 5.12. The molecule has 0 aliphatic heterocycles. The lowest BCUT2D eigenvalue weighted by Gasteiger charge is -2.04. The van der Waals surface area contributed by atoms with Crippen LogP contribution in [0.25, 0.3) is 10.9 Å². The molecule has 0 bridgehead atoms. The fourth-order valence-corrected chi connectivity index (χ4v) is 1.52. The van der Waals surface area contributed by atoms with Gasteiger partial charge in [-0.15, -0.1) is 5.11 Å². The smallest absolute Gasteiger partial charge is 0.0968 e. The zero-order chi connectivity index (χ0) is 11.5. The van der Waals surface area contributed by atoms with Crippen LogP contribution >= 0.6 is 0 Å². The van der Waals surface area contributed by atoms with E-state index in [9.17, 15) is 0 Å². The lowest BCUT2D eigenvalue weighted by atomic mass is 10.1. The Bertz CT molecular complexity index is 532. The second-order valence-corrected chi connectivity index (χ2v) is 3.84. The minimum Gasteiger partial charge on any atom is -0.285 e. The summed E-state index contributed by atoms with van der Waals surface area (Å²) in [6.45, 7) is 2.04. The van der Waals surface area contributed by atoms with Crippen LogP contribution in [0, 0.1) is 6.92 Å². The van der Waals surface area contributed by atoms with Gasteiger partial charge in [-0.3, -0.25) is 9.99 Å². The van der Waals surface area contributed by atoms with E-state index in [-0.39, 0.29) is 0 Å². The van der Waals surface area contributed by atoms with Crippen molar-refractivity contribution < 1.29 is 0 Å². The monoisotopic (exact) mass is 214 g/mol. The maximum absolute atomic E-state index is 4.35. The van der Waals surface area contributed by atoms with Crippen molar-refractivity contribution in [1.82, 2.24) is 9.99 Å². The van der Waals surface area contributed by atoms with E-state index in [0.717, 1.165) is 22.2 Å². The highest BCUT2D eigenvalue weighted by atomic mass is 15.5. The molecule has 0 spiro atoms. The second-order valence-electron chi connectivity index (χ2n) is 3.84. The van der Waals surface area contributed by atoms with E-state index in [4.69, 9.17) is 0 Å². The van der Waals surface area contributed by atoms with Gasteiger partial charge in [-0.1, -0.05) is 11.3 Å². The molecule has 0 aliphatic carbocycles. The highest BCUT2D eigenvalue weighted by molar-refractivity contribution is 5.91. The minimum absolute atomic E-state index is 0.849. The number of aromatic nitrogens is 1. The van der Waals surface area contributed by atoms with Crippen molar-refractivity contribution in [3.63, 3.8) is 0 Å². The number of hydrogen-bond acceptors (Lipinski definition) is 3. The fraction of sp³-hybridized carbons (Fsp3) is 0.250. The van der Waals surface area contributed by atoms with Crippen molar-refractivity contribution in [3.05, 3.63) is 36.0 Å². The van der Waals surface area contributed by atoms with Crippen LogP contribution in [0.15, 0.2) is 40.8 Å². The van der Waals surface area contributed by atoms with Crippen molar-refractivity contribution in [2.24, 2.45) is 10.3 Å². The third kappa shape index (κ3) is 2.00. The average Bonchev–Trinajstić information content (AvgIpc) is 2.28. The Morgan fingerprint density at radius 3 is 2.75 bits per heavy atom. The van der Waals surface area contributed by atoms with Gasteiger partial charge in [-0.2, -0.15) is 0 Å². The van der Waals surface area contributed by atoms with Crippen molar-refractivity contribution in [2.45, 2.75) is 6.92 Å². The van der Waals surface area contributed by atoms with Crippen LogP contribution in [0.1, 0.15) is 5.56 Å². The van der Waals surface area contributed by atoms with Gasteiger partial charge in [0.15, 0.2) is 0 Å². The Hall–Kier alpha value is -1.97. The van der Waals surface area contributed by atoms with Gasteiger partial charge in [0.05, 0.1) is 11.2 Å². The highest BCUT2D eigenvalue weighted by Gasteiger charge is 2.03. The van der Waals surface area contributed by atoms with E-state index < -0.39 is 0 Å². The quantitative estimate of drug-likeness (QED) is 0.569. The molecule has 0 N–H and O–H groups in total. The maximum Gasteiger partial charge on any atom is 0.0968 e. The molecular formula is C12H14N4. The van der Waals surface area contributed by atoms with Gasteiger partial charge in [0.2, 0.25) is 0 Å². The third-order valence-corrected chi connectivity index (χ3v) is 2.28. The first-order chi connectivity index (χ1) is 7.68. The fourth-order valence-electron chi connectivity index (χ4n) is 1.52. The number of benzene rings is 1. The van der Waals surface area contributed by atoms with E-state index in [1.807, 2.05) is 45.3 Å². The second kappa shape index (κ2) is 4.26. The Morgan fingerprint density at radius 2 is 2.00 bits per heavy atom. The van der Waals surface area contributed by atoms with E-state index >= 15 is 0 Å². The topological polar surface area (TPSA) is 40.9 Å². The Kier molecular flexibility index (Phi) is 2.81. The zero-order valence-corrected chi connectivity index (χ0v) is 9.68. The molecule has 82 valence electrons. The van der Waals surface area contributed by atoms with E-state index in [2.05, 4.69) is 15.3 Å². The predicted octanol–water partition coefficient (Wildman–Crippen LogP) is 3.10. The molecule has 0 saturated carbocycles. The molecule has 0 saturated heterocycles. The van der Waals surface area contributed by atoms with Crippen LogP contribution in [0.4, 0.5) is 5.69 Å². The van der Waals surface area contributed by atoms with E-state index in [1.165, 1.54) is 0 Å². The normalized spacial score (nSPS) is 11.2. The summed E-state index contributed by atoms with van der Waals surface area (Å²) >= 11 is 0. The molecule has 2 aromatic rings. The zero-order valence-electron chi connectivity index (χ0n) is 9.68. The van der Waals surface area contributed by atoms with E-state index in [0.29, 0.717) is 0 Å². The molecule has 0 radical (unpaired) electrons. The number of rotatable bonds is 2. The molecule has 4 heteroatoms. The molecule has 0 fully saturated rings. The summed E-state index contributed by atoms with van der Waals surface area (Å²) in [4.78, 5) is 4.35. The van der Waals surface area contributed by atoms with Crippen molar-refractivity contribution in [3.8, 4) is 0 Å². The van der Waals surface area contributed by atoms with Gasteiger partial charge in [-0.25, -0.2) is 0 Å². The number of pyridine rings is 1. The summed E-state index contributed by atoms with van der Waals surface area (Å²) in [6, 6.07) is 7.90. The minimum atomic E-state index is 0.849. The molecule has 0 aliphatic rings. The van der Waals surface area contributed by atoms with Gasteiger partial charge in [0.25, 0.3) is 0 Å². The van der Waals surface area contributed by atoms with E-state index in [1.54, 1.807) is 11.2 Å². The van der Waals surface area contributed by atoms with Crippen LogP contribution < -0.4 is 0 Å². The number of nitrogens with zero attached hydrogens (tertiary/aromatic N) is 4. The Balaban J connectivity index is 2.59. The molecule has 2 rings (SSSR count). The number of hydrogen-bond donors (Lipinski definition) is 0. The summed E-state index contributed by atoms with van der Waals surface area (Å²) in [5.74, 6) is 0. The summed E-state index contributed by atoms with van der Waals surface area (Å²) in [5, 5.41) is 10.9.